The van der Waals surface area contributed by atoms with Crippen molar-refractivity contribution in [1.29, 1.82) is 0 Å². The number of nitrogens with one attached hydrogen (secondary N) is 2. The lowest BCUT2D eigenvalue weighted by Crippen LogP contribution is -2.36. The summed E-state index contributed by atoms with van der Waals surface area (Å²) in [5.41, 5.74) is 4.57. The predicted octanol–water partition coefficient (Wildman–Crippen LogP) is 3.53. The molecule has 0 fully saturated rings. The highest BCUT2D eigenvalue weighted by Crippen LogP contribution is 2.20. The van der Waals surface area contributed by atoms with E-state index in [4.69, 9.17) is 9.47 Å². The SMILES string of the molecule is CCOCCOc1cc(C)ccc1CNC(=NC)NCc1cccc(Cn2cncn2)c1.I. The van der Waals surface area contributed by atoms with Crippen molar-refractivity contribution in [2.24, 2.45) is 4.99 Å². The minimum absolute atomic E-state index is 0. The molecule has 3 aromatic rings. The fourth-order valence-corrected chi connectivity index (χ4v) is 3.22. The summed E-state index contributed by atoms with van der Waals surface area (Å²) in [7, 11) is 1.77. The van der Waals surface area contributed by atoms with Gasteiger partial charge >= 0.3 is 0 Å². The average molecular weight is 564 g/mol. The minimum atomic E-state index is 0. The first-order chi connectivity index (χ1) is 15.7. The molecule has 0 radical (unpaired) electrons. The topological polar surface area (TPSA) is 85.6 Å². The van der Waals surface area contributed by atoms with Crippen LogP contribution in [0.25, 0.3) is 0 Å². The number of guanidine groups is 1. The number of rotatable bonds is 11. The number of hydrogen-bond donors (Lipinski definition) is 2. The first kappa shape index (κ1) is 26.6. The highest BCUT2D eigenvalue weighted by Gasteiger charge is 2.07. The van der Waals surface area contributed by atoms with Crippen molar-refractivity contribution in [3.8, 4) is 5.75 Å². The fraction of sp³-hybridized carbons (Fsp3) is 0.375. The van der Waals surface area contributed by atoms with Crippen LogP contribution in [0.3, 0.4) is 0 Å². The molecule has 2 N–H and O–H groups in total. The largest absolute Gasteiger partial charge is 0.491 e. The highest BCUT2D eigenvalue weighted by atomic mass is 127. The molecule has 0 aliphatic rings. The van der Waals surface area contributed by atoms with E-state index >= 15 is 0 Å². The third-order valence-corrected chi connectivity index (χ3v) is 4.84. The summed E-state index contributed by atoms with van der Waals surface area (Å²) in [5, 5.41) is 10.9. The molecule has 3 rings (SSSR count). The van der Waals surface area contributed by atoms with Gasteiger partial charge in [-0.15, -0.1) is 24.0 Å². The number of aliphatic imine (C=N–C) groups is 1. The highest BCUT2D eigenvalue weighted by molar-refractivity contribution is 14.0. The van der Waals surface area contributed by atoms with Crippen LogP contribution in [0.1, 0.15) is 29.2 Å². The lowest BCUT2D eigenvalue weighted by atomic mass is 10.1. The van der Waals surface area contributed by atoms with Crippen molar-refractivity contribution < 1.29 is 9.47 Å². The number of benzene rings is 2. The van der Waals surface area contributed by atoms with Gasteiger partial charge < -0.3 is 20.1 Å². The van der Waals surface area contributed by atoms with Crippen molar-refractivity contribution in [3.05, 3.63) is 77.4 Å². The van der Waals surface area contributed by atoms with E-state index in [0.29, 0.717) is 39.5 Å². The van der Waals surface area contributed by atoms with E-state index in [9.17, 15) is 0 Å². The molecular formula is C24H33IN6O2. The normalized spacial score (nSPS) is 11.1. The quantitative estimate of drug-likeness (QED) is 0.161. The number of hydrogen-bond acceptors (Lipinski definition) is 5. The van der Waals surface area contributed by atoms with Crippen LogP contribution in [0.5, 0.6) is 5.75 Å². The number of aryl methyl sites for hydroxylation is 1. The summed E-state index contributed by atoms with van der Waals surface area (Å²) in [5.74, 6) is 1.60. The molecule has 178 valence electrons. The molecule has 0 aliphatic heterocycles. The molecule has 0 bridgehead atoms. The van der Waals surface area contributed by atoms with Gasteiger partial charge in [-0.1, -0.05) is 36.4 Å². The van der Waals surface area contributed by atoms with Crippen molar-refractivity contribution in [3.63, 3.8) is 0 Å². The van der Waals surface area contributed by atoms with Gasteiger partial charge in [0.2, 0.25) is 0 Å². The Balaban J connectivity index is 0.00000385. The Hall–Kier alpha value is -2.66. The van der Waals surface area contributed by atoms with E-state index in [1.807, 2.05) is 11.6 Å². The second-order valence-electron chi connectivity index (χ2n) is 7.35. The third-order valence-electron chi connectivity index (χ3n) is 4.84. The van der Waals surface area contributed by atoms with E-state index in [-0.39, 0.29) is 24.0 Å². The first-order valence-electron chi connectivity index (χ1n) is 10.8. The van der Waals surface area contributed by atoms with Crippen LogP contribution in [0, 0.1) is 6.92 Å². The van der Waals surface area contributed by atoms with Crippen molar-refractivity contribution >= 4 is 29.9 Å². The zero-order valence-electron chi connectivity index (χ0n) is 19.5. The Morgan fingerprint density at radius 3 is 2.64 bits per heavy atom. The van der Waals surface area contributed by atoms with E-state index in [1.54, 1.807) is 19.7 Å². The second kappa shape index (κ2) is 14.5. The van der Waals surface area contributed by atoms with Crippen molar-refractivity contribution in [2.45, 2.75) is 33.5 Å². The lowest BCUT2D eigenvalue weighted by Gasteiger charge is -2.16. The number of ether oxygens (including phenoxy) is 2. The van der Waals surface area contributed by atoms with E-state index in [1.165, 1.54) is 11.1 Å². The molecule has 0 atom stereocenters. The summed E-state index contributed by atoms with van der Waals surface area (Å²) < 4.78 is 13.1. The Bertz CT molecular complexity index is 994. The zero-order valence-corrected chi connectivity index (χ0v) is 21.8. The van der Waals surface area contributed by atoms with E-state index < -0.39 is 0 Å². The van der Waals surface area contributed by atoms with Crippen molar-refractivity contribution in [2.75, 3.05) is 26.9 Å². The maximum atomic E-state index is 5.93. The Labute approximate surface area is 212 Å². The van der Waals surface area contributed by atoms with Crippen LogP contribution in [-0.2, 0) is 24.4 Å². The minimum Gasteiger partial charge on any atom is -0.491 e. The third kappa shape index (κ3) is 9.01. The maximum absolute atomic E-state index is 5.93. The Morgan fingerprint density at radius 1 is 1.06 bits per heavy atom. The van der Waals surface area contributed by atoms with Crippen LogP contribution in [-0.4, -0.2) is 47.6 Å². The molecule has 1 aromatic heterocycles. The Kier molecular flexibility index (Phi) is 11.7. The van der Waals surface area contributed by atoms with Gasteiger partial charge in [-0.25, -0.2) is 9.67 Å². The molecule has 33 heavy (non-hydrogen) atoms. The molecule has 0 saturated heterocycles. The van der Waals surface area contributed by atoms with Crippen LogP contribution in [0.15, 0.2) is 60.1 Å². The maximum Gasteiger partial charge on any atom is 0.191 e. The predicted molar refractivity (Wildman–Crippen MR) is 141 cm³/mol. The standard InChI is InChI=1S/C24H32N6O2.HI/c1-4-31-10-11-32-23-12-19(2)8-9-22(23)15-28-24(25-3)27-14-20-6-5-7-21(13-20)16-30-18-26-17-29-30;/h5-9,12-13,17-18H,4,10-11,14-16H2,1-3H3,(H2,25,27,28);1H. The fourth-order valence-electron chi connectivity index (χ4n) is 3.22. The monoisotopic (exact) mass is 564 g/mol. The van der Waals surface area contributed by atoms with Crippen LogP contribution in [0.2, 0.25) is 0 Å². The molecule has 0 unspecified atom stereocenters. The molecule has 0 aliphatic carbocycles. The van der Waals surface area contributed by atoms with Crippen LogP contribution in [0.4, 0.5) is 0 Å². The van der Waals surface area contributed by atoms with Crippen LogP contribution >= 0.6 is 24.0 Å². The summed E-state index contributed by atoms with van der Waals surface area (Å²) in [6, 6.07) is 14.6. The van der Waals surface area contributed by atoms with Crippen LogP contribution < -0.4 is 15.4 Å². The van der Waals surface area contributed by atoms with Gasteiger partial charge in [0.1, 0.15) is 25.0 Å². The van der Waals surface area contributed by atoms with Gasteiger partial charge in [0, 0.05) is 32.3 Å². The first-order valence-corrected chi connectivity index (χ1v) is 10.8. The molecular weight excluding hydrogens is 531 g/mol. The Morgan fingerprint density at radius 2 is 1.88 bits per heavy atom. The molecule has 9 heteroatoms. The van der Waals surface area contributed by atoms with Gasteiger partial charge in [0.05, 0.1) is 13.2 Å². The van der Waals surface area contributed by atoms with Gasteiger partial charge in [0.15, 0.2) is 5.96 Å². The molecule has 0 spiro atoms. The number of aromatic nitrogens is 3. The van der Waals surface area contributed by atoms with Crippen molar-refractivity contribution in [1.82, 2.24) is 25.4 Å². The summed E-state index contributed by atoms with van der Waals surface area (Å²) in [4.78, 5) is 8.34. The molecule has 0 amide bonds. The average Bonchev–Trinajstić information content (AvgIpc) is 3.31. The number of nitrogens with zero attached hydrogens (tertiary/aromatic N) is 4. The molecule has 2 aromatic carbocycles. The van der Waals surface area contributed by atoms with E-state index in [0.717, 1.165) is 22.8 Å². The van der Waals surface area contributed by atoms with Gasteiger partial charge in [-0.05, 0) is 36.6 Å². The molecule has 8 nitrogen and oxygen atoms in total. The molecule has 0 saturated carbocycles. The lowest BCUT2D eigenvalue weighted by molar-refractivity contribution is 0.110. The zero-order chi connectivity index (χ0) is 22.6. The summed E-state index contributed by atoms with van der Waals surface area (Å²) >= 11 is 0. The second-order valence-corrected chi connectivity index (χ2v) is 7.35. The van der Waals surface area contributed by atoms with Gasteiger partial charge in [-0.2, -0.15) is 5.10 Å². The van der Waals surface area contributed by atoms with Gasteiger partial charge in [0.25, 0.3) is 0 Å². The van der Waals surface area contributed by atoms with Gasteiger partial charge in [-0.3, -0.25) is 4.99 Å². The molecule has 1 heterocycles. The summed E-state index contributed by atoms with van der Waals surface area (Å²) in [6.07, 6.45) is 3.27. The summed E-state index contributed by atoms with van der Waals surface area (Å²) in [6.45, 7) is 7.81. The number of halogens is 1. The van der Waals surface area contributed by atoms with E-state index in [2.05, 4.69) is 75.1 Å². The smallest absolute Gasteiger partial charge is 0.191 e.